The van der Waals surface area contributed by atoms with Crippen LogP contribution in [-0.4, -0.2) is 34.6 Å². The van der Waals surface area contributed by atoms with E-state index in [1.165, 1.54) is 9.77 Å². The minimum atomic E-state index is -0.105. The molecule has 0 aliphatic carbocycles. The molecule has 3 atom stereocenters. The van der Waals surface area contributed by atoms with Crippen LogP contribution in [0.3, 0.4) is 0 Å². The molecular weight excluding hydrogens is 264 g/mol. The quantitative estimate of drug-likeness (QED) is 0.614. The van der Waals surface area contributed by atoms with Gasteiger partial charge in [-0.15, -0.1) is 11.3 Å². The van der Waals surface area contributed by atoms with Gasteiger partial charge in [0.05, 0.1) is 10.3 Å². The lowest BCUT2D eigenvalue weighted by molar-refractivity contribution is -0.111. The maximum Gasteiger partial charge on any atom is 0.144 e. The van der Waals surface area contributed by atoms with Gasteiger partial charge in [0.25, 0.3) is 0 Å². The number of thiophene rings is 1. The number of hydrogen-bond acceptors (Lipinski definition) is 5. The average Bonchev–Trinajstić information content (AvgIpc) is 2.86. The second kappa shape index (κ2) is 4.72. The number of carbonyl (C=O) groups is 1. The SMILES string of the molecule is C/C=C1\C(C=O)N2CC(c3ccsc3S2)N1CC. The van der Waals surface area contributed by atoms with Crippen molar-refractivity contribution in [1.82, 2.24) is 9.21 Å². The highest BCUT2D eigenvalue weighted by atomic mass is 32.2. The summed E-state index contributed by atoms with van der Waals surface area (Å²) in [6.07, 6.45) is 3.15. The molecule has 1 fully saturated rings. The highest BCUT2D eigenvalue weighted by Gasteiger charge is 2.42. The Bertz CT molecular complexity index is 497. The van der Waals surface area contributed by atoms with Crippen molar-refractivity contribution >= 4 is 29.6 Å². The van der Waals surface area contributed by atoms with Crippen molar-refractivity contribution in [3.05, 3.63) is 28.8 Å². The van der Waals surface area contributed by atoms with Crippen LogP contribution in [0, 0.1) is 0 Å². The molecule has 1 saturated heterocycles. The molecule has 3 nitrogen and oxygen atoms in total. The largest absolute Gasteiger partial charge is 0.365 e. The predicted molar refractivity (Wildman–Crippen MR) is 75.6 cm³/mol. The Labute approximate surface area is 116 Å². The highest BCUT2D eigenvalue weighted by molar-refractivity contribution is 7.99. The Kier molecular flexibility index (Phi) is 3.21. The first-order chi connectivity index (χ1) is 8.80. The van der Waals surface area contributed by atoms with Crippen LogP contribution in [-0.2, 0) is 4.79 Å². The second-order valence-corrected chi connectivity index (χ2v) is 6.68. The van der Waals surface area contributed by atoms with Gasteiger partial charge in [-0.25, -0.2) is 4.31 Å². The molecule has 1 aromatic rings. The molecule has 3 rings (SSSR count). The van der Waals surface area contributed by atoms with E-state index in [-0.39, 0.29) is 6.04 Å². The van der Waals surface area contributed by atoms with Crippen LogP contribution in [0.1, 0.15) is 25.5 Å². The van der Waals surface area contributed by atoms with Gasteiger partial charge in [-0.05, 0) is 37.2 Å². The van der Waals surface area contributed by atoms with E-state index in [1.807, 2.05) is 6.92 Å². The van der Waals surface area contributed by atoms with Crippen LogP contribution in [0.2, 0.25) is 0 Å². The van der Waals surface area contributed by atoms with E-state index in [9.17, 15) is 4.79 Å². The van der Waals surface area contributed by atoms with E-state index in [4.69, 9.17) is 0 Å². The van der Waals surface area contributed by atoms with Gasteiger partial charge in [0.1, 0.15) is 12.3 Å². The summed E-state index contributed by atoms with van der Waals surface area (Å²) in [5, 5.41) is 2.15. The lowest BCUT2D eigenvalue weighted by atomic mass is 10.0. The highest BCUT2D eigenvalue weighted by Crippen LogP contribution is 2.48. The number of hydrogen-bond donors (Lipinski definition) is 0. The number of aldehydes is 1. The zero-order chi connectivity index (χ0) is 12.7. The zero-order valence-electron chi connectivity index (χ0n) is 10.5. The molecule has 0 saturated carbocycles. The summed E-state index contributed by atoms with van der Waals surface area (Å²) in [6.45, 7) is 6.07. The van der Waals surface area contributed by atoms with E-state index in [2.05, 4.69) is 33.7 Å². The molecule has 2 aliphatic heterocycles. The van der Waals surface area contributed by atoms with Crippen LogP contribution >= 0.6 is 23.3 Å². The van der Waals surface area contributed by atoms with Crippen molar-refractivity contribution in [1.29, 1.82) is 0 Å². The molecule has 5 heteroatoms. The van der Waals surface area contributed by atoms with E-state index in [0.29, 0.717) is 6.04 Å². The Morgan fingerprint density at radius 1 is 1.56 bits per heavy atom. The Balaban J connectivity index is 2.09. The smallest absolute Gasteiger partial charge is 0.144 e. The summed E-state index contributed by atoms with van der Waals surface area (Å²) < 4.78 is 3.56. The van der Waals surface area contributed by atoms with Crippen LogP contribution < -0.4 is 0 Å². The summed E-state index contributed by atoms with van der Waals surface area (Å²) in [6, 6.07) is 2.53. The van der Waals surface area contributed by atoms with Crippen molar-refractivity contribution in [3.8, 4) is 0 Å². The number of piperazine rings is 1. The number of allylic oxidation sites excluding steroid dienone is 1. The zero-order valence-corrected chi connectivity index (χ0v) is 12.1. The third kappa shape index (κ3) is 1.65. The molecule has 3 unspecified atom stereocenters. The molecule has 2 bridgehead atoms. The van der Waals surface area contributed by atoms with Gasteiger partial charge in [-0.1, -0.05) is 6.08 Å². The number of likely N-dealkylation sites (N-methyl/N-ethyl adjacent to an activating group) is 1. The minimum absolute atomic E-state index is 0.105. The monoisotopic (exact) mass is 280 g/mol. The first kappa shape index (κ1) is 12.3. The molecule has 1 aromatic heterocycles. The Hall–Kier alpha value is -0.780. The fourth-order valence-electron chi connectivity index (χ4n) is 2.85. The van der Waals surface area contributed by atoms with E-state index in [0.717, 1.165) is 25.1 Å². The summed E-state index contributed by atoms with van der Waals surface area (Å²) in [5.41, 5.74) is 2.57. The standard InChI is InChI=1S/C13H16N2OS2/c1-3-10-12(8-16)15-7-11(14(10)4-2)9-5-6-17-13(9)18-15/h3,5-6,8,11-12H,4,7H2,1-2H3/b10-3+. The summed E-state index contributed by atoms with van der Waals surface area (Å²) in [5.74, 6) is 0. The third-order valence-electron chi connectivity index (χ3n) is 3.66. The van der Waals surface area contributed by atoms with Gasteiger partial charge in [0.15, 0.2) is 0 Å². The summed E-state index contributed by atoms with van der Waals surface area (Å²) in [4.78, 5) is 13.8. The molecular formula is C13H16N2OS2. The molecule has 2 aliphatic rings. The predicted octanol–water partition coefficient (Wildman–Crippen LogP) is 2.92. The molecule has 3 heterocycles. The summed E-state index contributed by atoms with van der Waals surface area (Å²) in [7, 11) is 0. The van der Waals surface area contributed by atoms with Crippen LogP contribution in [0.5, 0.6) is 0 Å². The molecule has 0 radical (unpaired) electrons. The van der Waals surface area contributed by atoms with Gasteiger partial charge in [0, 0.05) is 24.4 Å². The molecule has 0 aromatic carbocycles. The van der Waals surface area contributed by atoms with E-state index in [1.54, 1.807) is 23.3 Å². The first-order valence-corrected chi connectivity index (χ1v) is 7.85. The van der Waals surface area contributed by atoms with Gasteiger partial charge in [-0.2, -0.15) is 0 Å². The molecule has 0 N–H and O–H groups in total. The molecule has 18 heavy (non-hydrogen) atoms. The van der Waals surface area contributed by atoms with E-state index < -0.39 is 0 Å². The lowest BCUT2D eigenvalue weighted by Gasteiger charge is -2.49. The second-order valence-electron chi connectivity index (χ2n) is 4.45. The first-order valence-electron chi connectivity index (χ1n) is 6.20. The maximum absolute atomic E-state index is 11.4. The van der Waals surface area contributed by atoms with Gasteiger partial charge >= 0.3 is 0 Å². The van der Waals surface area contributed by atoms with Crippen molar-refractivity contribution in [2.24, 2.45) is 0 Å². The van der Waals surface area contributed by atoms with E-state index >= 15 is 0 Å². The van der Waals surface area contributed by atoms with Crippen LogP contribution in [0.25, 0.3) is 0 Å². The number of fused-ring (bicyclic) bond motifs is 4. The Morgan fingerprint density at radius 3 is 3.06 bits per heavy atom. The maximum atomic E-state index is 11.4. The van der Waals surface area contributed by atoms with Crippen molar-refractivity contribution in [2.75, 3.05) is 13.1 Å². The van der Waals surface area contributed by atoms with Gasteiger partial charge in [0.2, 0.25) is 0 Å². The van der Waals surface area contributed by atoms with Crippen LogP contribution in [0.15, 0.2) is 27.4 Å². The van der Waals surface area contributed by atoms with Crippen molar-refractivity contribution in [3.63, 3.8) is 0 Å². The fraction of sp³-hybridized carbons (Fsp3) is 0.462. The number of carbonyl (C=O) groups excluding carboxylic acids is 1. The van der Waals surface area contributed by atoms with Gasteiger partial charge < -0.3 is 9.69 Å². The fourth-order valence-corrected chi connectivity index (χ4v) is 5.16. The summed E-state index contributed by atoms with van der Waals surface area (Å²) >= 11 is 3.51. The molecule has 0 amide bonds. The van der Waals surface area contributed by atoms with Gasteiger partial charge in [-0.3, -0.25) is 0 Å². The number of rotatable bonds is 2. The number of nitrogens with zero attached hydrogens (tertiary/aromatic N) is 2. The van der Waals surface area contributed by atoms with Crippen LogP contribution in [0.4, 0.5) is 0 Å². The minimum Gasteiger partial charge on any atom is -0.365 e. The Morgan fingerprint density at radius 2 is 2.39 bits per heavy atom. The molecule has 0 spiro atoms. The van der Waals surface area contributed by atoms with Crippen molar-refractivity contribution in [2.45, 2.75) is 30.1 Å². The third-order valence-corrected chi connectivity index (χ3v) is 5.90. The lowest BCUT2D eigenvalue weighted by Crippen LogP contribution is -2.52. The molecule has 96 valence electrons. The van der Waals surface area contributed by atoms with Crippen molar-refractivity contribution < 1.29 is 4.79 Å². The normalized spacial score (nSPS) is 32.4. The topological polar surface area (TPSA) is 23.6 Å². The average molecular weight is 280 g/mol.